The van der Waals surface area contributed by atoms with Gasteiger partial charge in [0.25, 0.3) is 5.91 Å². The second-order valence-electron chi connectivity index (χ2n) is 4.63. The topological polar surface area (TPSA) is 47.6 Å². The monoisotopic (exact) mass is 335 g/mol. The average molecular weight is 336 g/mol. The first kappa shape index (κ1) is 15.1. The molecule has 6 heteroatoms. The van der Waals surface area contributed by atoms with Gasteiger partial charge in [0.15, 0.2) is 11.5 Å². The molecule has 22 heavy (non-hydrogen) atoms. The third-order valence-electron chi connectivity index (χ3n) is 3.10. The Bertz CT molecular complexity index is 676. The number of ether oxygens (including phenoxy) is 2. The maximum atomic E-state index is 12.1. The first-order chi connectivity index (χ1) is 10.7. The number of fused-ring (bicyclic) bond motifs is 1. The highest BCUT2D eigenvalue weighted by atomic mass is 35.5. The number of rotatable bonds is 5. The van der Waals surface area contributed by atoms with E-state index in [9.17, 15) is 4.79 Å². The fraction of sp³-hybridized carbons (Fsp3) is 0.188. The minimum atomic E-state index is -0.116. The van der Waals surface area contributed by atoms with Crippen molar-refractivity contribution in [1.29, 1.82) is 0 Å². The summed E-state index contributed by atoms with van der Waals surface area (Å²) < 4.78 is 10.5. The van der Waals surface area contributed by atoms with Crippen LogP contribution in [0.25, 0.3) is 0 Å². The largest absolute Gasteiger partial charge is 0.454 e. The predicted octanol–water partition coefficient (Wildman–Crippen LogP) is 3.59. The van der Waals surface area contributed by atoms with Crippen molar-refractivity contribution in [2.75, 3.05) is 19.1 Å². The Morgan fingerprint density at radius 3 is 2.73 bits per heavy atom. The summed E-state index contributed by atoms with van der Waals surface area (Å²) in [5.41, 5.74) is 0.570. The number of benzene rings is 2. The van der Waals surface area contributed by atoms with Crippen LogP contribution in [0.1, 0.15) is 10.4 Å². The Hall–Kier alpha value is -1.85. The number of carbonyl (C=O) groups is 1. The van der Waals surface area contributed by atoms with E-state index in [4.69, 9.17) is 21.1 Å². The van der Waals surface area contributed by atoms with E-state index in [0.29, 0.717) is 23.6 Å². The summed E-state index contributed by atoms with van der Waals surface area (Å²) in [4.78, 5) is 13.2. The zero-order valence-electron chi connectivity index (χ0n) is 11.7. The lowest BCUT2D eigenvalue weighted by molar-refractivity contribution is 0.0955. The molecule has 1 aliphatic heterocycles. The number of hydrogen-bond acceptors (Lipinski definition) is 4. The summed E-state index contributed by atoms with van der Waals surface area (Å²) in [6.07, 6.45) is 0. The normalized spacial score (nSPS) is 12.2. The van der Waals surface area contributed by atoms with Crippen LogP contribution >= 0.6 is 23.4 Å². The van der Waals surface area contributed by atoms with Crippen LogP contribution in [0.15, 0.2) is 47.4 Å². The Labute approximate surface area is 137 Å². The first-order valence-corrected chi connectivity index (χ1v) is 8.15. The zero-order chi connectivity index (χ0) is 15.4. The highest BCUT2D eigenvalue weighted by Gasteiger charge is 2.15. The Kier molecular flexibility index (Phi) is 4.75. The minimum absolute atomic E-state index is 0.116. The molecule has 114 valence electrons. The van der Waals surface area contributed by atoms with Gasteiger partial charge in [0, 0.05) is 27.8 Å². The number of amides is 1. The maximum Gasteiger partial charge on any atom is 0.251 e. The molecule has 0 atom stereocenters. The summed E-state index contributed by atoms with van der Waals surface area (Å²) in [6.45, 7) is 0.790. The molecule has 3 rings (SSSR count). The van der Waals surface area contributed by atoms with E-state index < -0.39 is 0 Å². The van der Waals surface area contributed by atoms with Gasteiger partial charge in [0.05, 0.1) is 0 Å². The van der Waals surface area contributed by atoms with E-state index in [-0.39, 0.29) is 12.7 Å². The van der Waals surface area contributed by atoms with Crippen LogP contribution in [0.5, 0.6) is 11.5 Å². The molecule has 0 unspecified atom stereocenters. The molecule has 0 bridgehead atoms. The predicted molar refractivity (Wildman–Crippen MR) is 87.1 cm³/mol. The molecule has 0 aliphatic carbocycles. The van der Waals surface area contributed by atoms with E-state index >= 15 is 0 Å². The SMILES string of the molecule is O=C(NCCSc1ccc(Cl)cc1)c1ccc2c(c1)OCO2. The lowest BCUT2D eigenvalue weighted by atomic mass is 10.2. The van der Waals surface area contributed by atoms with Crippen molar-refractivity contribution in [3.8, 4) is 11.5 Å². The van der Waals surface area contributed by atoms with Crippen LogP contribution in [0.3, 0.4) is 0 Å². The number of carbonyl (C=O) groups excluding carboxylic acids is 1. The van der Waals surface area contributed by atoms with E-state index in [2.05, 4.69) is 5.32 Å². The maximum absolute atomic E-state index is 12.1. The second kappa shape index (κ2) is 6.94. The highest BCUT2D eigenvalue weighted by molar-refractivity contribution is 7.99. The van der Waals surface area contributed by atoms with Gasteiger partial charge in [-0.15, -0.1) is 11.8 Å². The summed E-state index contributed by atoms with van der Waals surface area (Å²) >= 11 is 7.51. The fourth-order valence-electron chi connectivity index (χ4n) is 2.00. The van der Waals surface area contributed by atoms with Gasteiger partial charge in [0.2, 0.25) is 6.79 Å². The van der Waals surface area contributed by atoms with Gasteiger partial charge in [-0.05, 0) is 42.5 Å². The highest BCUT2D eigenvalue weighted by Crippen LogP contribution is 2.32. The summed E-state index contributed by atoms with van der Waals surface area (Å²) in [6, 6.07) is 12.8. The van der Waals surface area contributed by atoms with Gasteiger partial charge in [-0.1, -0.05) is 11.6 Å². The molecule has 0 saturated carbocycles. The second-order valence-corrected chi connectivity index (χ2v) is 6.23. The number of thioether (sulfide) groups is 1. The van der Waals surface area contributed by atoms with Gasteiger partial charge in [-0.3, -0.25) is 4.79 Å². The lowest BCUT2D eigenvalue weighted by Crippen LogP contribution is -2.25. The van der Waals surface area contributed by atoms with Crippen LogP contribution in [0, 0.1) is 0 Å². The molecule has 0 aromatic heterocycles. The van der Waals surface area contributed by atoms with Crippen molar-refractivity contribution in [2.45, 2.75) is 4.90 Å². The van der Waals surface area contributed by atoms with Crippen LogP contribution < -0.4 is 14.8 Å². The summed E-state index contributed by atoms with van der Waals surface area (Å²) in [5, 5.41) is 3.61. The van der Waals surface area contributed by atoms with E-state index in [0.717, 1.165) is 15.7 Å². The van der Waals surface area contributed by atoms with Crippen molar-refractivity contribution >= 4 is 29.3 Å². The standard InChI is InChI=1S/C16H14ClNO3S/c17-12-2-4-13(5-3-12)22-8-7-18-16(19)11-1-6-14-15(9-11)21-10-20-14/h1-6,9H,7-8,10H2,(H,18,19). The summed E-state index contributed by atoms with van der Waals surface area (Å²) in [7, 11) is 0. The van der Waals surface area contributed by atoms with Crippen molar-refractivity contribution in [1.82, 2.24) is 5.32 Å². The van der Waals surface area contributed by atoms with Gasteiger partial charge in [0.1, 0.15) is 0 Å². The quantitative estimate of drug-likeness (QED) is 0.670. The molecule has 0 radical (unpaired) electrons. The van der Waals surface area contributed by atoms with E-state index in [1.165, 1.54) is 0 Å². The van der Waals surface area contributed by atoms with Crippen LogP contribution in [-0.4, -0.2) is 25.0 Å². The molecule has 2 aromatic carbocycles. The molecule has 0 spiro atoms. The fourth-order valence-corrected chi connectivity index (χ4v) is 2.90. The molecule has 1 heterocycles. The smallest absolute Gasteiger partial charge is 0.251 e. The summed E-state index contributed by atoms with van der Waals surface area (Å²) in [5.74, 6) is 1.96. The molecule has 0 fully saturated rings. The number of nitrogens with one attached hydrogen (secondary N) is 1. The van der Waals surface area contributed by atoms with Crippen LogP contribution in [-0.2, 0) is 0 Å². The molecule has 2 aromatic rings. The van der Waals surface area contributed by atoms with Crippen molar-refractivity contribution in [3.05, 3.63) is 53.1 Å². The molecule has 4 nitrogen and oxygen atoms in total. The number of halogens is 1. The Morgan fingerprint density at radius 2 is 1.91 bits per heavy atom. The van der Waals surface area contributed by atoms with Crippen LogP contribution in [0.4, 0.5) is 0 Å². The zero-order valence-corrected chi connectivity index (χ0v) is 13.2. The Balaban J connectivity index is 1.47. The molecule has 1 aliphatic rings. The molecule has 0 saturated heterocycles. The molecular weight excluding hydrogens is 322 g/mol. The number of hydrogen-bond donors (Lipinski definition) is 1. The van der Waals surface area contributed by atoms with Gasteiger partial charge < -0.3 is 14.8 Å². The van der Waals surface area contributed by atoms with E-state index in [1.54, 1.807) is 30.0 Å². The van der Waals surface area contributed by atoms with Gasteiger partial charge in [-0.25, -0.2) is 0 Å². The molecule has 1 N–H and O–H groups in total. The third kappa shape index (κ3) is 3.67. The van der Waals surface area contributed by atoms with Crippen molar-refractivity contribution < 1.29 is 14.3 Å². The van der Waals surface area contributed by atoms with Gasteiger partial charge >= 0.3 is 0 Å². The minimum Gasteiger partial charge on any atom is -0.454 e. The lowest BCUT2D eigenvalue weighted by Gasteiger charge is -2.06. The van der Waals surface area contributed by atoms with Gasteiger partial charge in [-0.2, -0.15) is 0 Å². The molecular formula is C16H14ClNO3S. The van der Waals surface area contributed by atoms with Crippen molar-refractivity contribution in [3.63, 3.8) is 0 Å². The Morgan fingerprint density at radius 1 is 1.14 bits per heavy atom. The first-order valence-electron chi connectivity index (χ1n) is 6.78. The van der Waals surface area contributed by atoms with E-state index in [1.807, 2.05) is 24.3 Å². The van der Waals surface area contributed by atoms with Crippen molar-refractivity contribution in [2.24, 2.45) is 0 Å². The molecule has 1 amide bonds. The average Bonchev–Trinajstić information content (AvgIpc) is 3.00. The third-order valence-corrected chi connectivity index (χ3v) is 4.37. The van der Waals surface area contributed by atoms with Crippen LogP contribution in [0.2, 0.25) is 5.02 Å².